The molecule has 0 bridgehead atoms. The van der Waals surface area contributed by atoms with Crippen molar-refractivity contribution in [1.29, 1.82) is 0 Å². The Labute approximate surface area is 156 Å². The molecule has 140 valence electrons. The second kappa shape index (κ2) is 6.47. The van der Waals surface area contributed by atoms with Crippen LogP contribution in [0.3, 0.4) is 0 Å². The molecule has 0 aliphatic carbocycles. The van der Waals surface area contributed by atoms with Crippen LogP contribution in [0.2, 0.25) is 0 Å². The van der Waals surface area contributed by atoms with Crippen LogP contribution < -0.4 is 0 Å². The van der Waals surface area contributed by atoms with Crippen molar-refractivity contribution in [2.45, 2.75) is 32.5 Å². The van der Waals surface area contributed by atoms with Crippen molar-refractivity contribution in [1.82, 2.24) is 14.8 Å². The standard InChI is InChI=1S/C17H21N3O4S2/c1-11-3-4-13(24-11)7-19-5-6-20(16-10-26(22,23)9-15(16)19)17(21)14-8-25-12(2)18-14/h3-4,8,15-16H,5-7,9-10H2,1-2H3. The van der Waals surface area contributed by atoms with E-state index in [2.05, 4.69) is 9.88 Å². The second-order valence-electron chi connectivity index (χ2n) is 6.94. The van der Waals surface area contributed by atoms with Crippen molar-refractivity contribution in [3.63, 3.8) is 0 Å². The summed E-state index contributed by atoms with van der Waals surface area (Å²) in [5.74, 6) is 1.58. The van der Waals surface area contributed by atoms with E-state index in [9.17, 15) is 13.2 Å². The maximum Gasteiger partial charge on any atom is 0.273 e. The first kappa shape index (κ1) is 17.7. The summed E-state index contributed by atoms with van der Waals surface area (Å²) in [6.45, 7) is 5.41. The summed E-state index contributed by atoms with van der Waals surface area (Å²) < 4.78 is 30.3. The Bertz CT molecular complexity index is 933. The number of aromatic nitrogens is 1. The van der Waals surface area contributed by atoms with E-state index in [4.69, 9.17) is 4.42 Å². The van der Waals surface area contributed by atoms with E-state index in [1.807, 2.05) is 26.0 Å². The fourth-order valence-electron chi connectivity index (χ4n) is 3.85. The van der Waals surface area contributed by atoms with Crippen molar-refractivity contribution in [2.75, 3.05) is 24.6 Å². The maximum absolute atomic E-state index is 12.9. The molecule has 4 heterocycles. The first-order valence-corrected chi connectivity index (χ1v) is 11.3. The summed E-state index contributed by atoms with van der Waals surface area (Å²) in [6, 6.07) is 3.29. The van der Waals surface area contributed by atoms with E-state index in [0.29, 0.717) is 25.3 Å². The SMILES string of the molecule is Cc1ccc(CN2CCN(C(=O)c3csc(C)n3)C3CS(=O)(=O)CC32)o1. The van der Waals surface area contributed by atoms with Crippen molar-refractivity contribution >= 4 is 27.1 Å². The minimum Gasteiger partial charge on any atom is -0.465 e. The molecule has 0 saturated carbocycles. The third-order valence-electron chi connectivity index (χ3n) is 5.04. The van der Waals surface area contributed by atoms with E-state index in [0.717, 1.165) is 16.5 Å². The van der Waals surface area contributed by atoms with Crippen molar-refractivity contribution in [2.24, 2.45) is 0 Å². The summed E-state index contributed by atoms with van der Waals surface area (Å²) in [7, 11) is -3.18. The first-order valence-electron chi connectivity index (χ1n) is 8.55. The van der Waals surface area contributed by atoms with Gasteiger partial charge in [-0.05, 0) is 26.0 Å². The van der Waals surface area contributed by atoms with Crippen LogP contribution in [-0.4, -0.2) is 65.8 Å². The number of aryl methyl sites for hydroxylation is 2. The Kier molecular flexibility index (Phi) is 4.40. The van der Waals surface area contributed by atoms with Gasteiger partial charge >= 0.3 is 0 Å². The molecule has 0 aromatic carbocycles. The average Bonchev–Trinajstić information content (AvgIpc) is 3.25. The van der Waals surface area contributed by atoms with Crippen LogP contribution in [0.25, 0.3) is 0 Å². The summed E-state index contributed by atoms with van der Waals surface area (Å²) in [5.41, 5.74) is 0.408. The molecule has 26 heavy (non-hydrogen) atoms. The highest BCUT2D eigenvalue weighted by atomic mass is 32.2. The van der Waals surface area contributed by atoms with Crippen LogP contribution in [0.4, 0.5) is 0 Å². The lowest BCUT2D eigenvalue weighted by Gasteiger charge is -2.43. The summed E-state index contributed by atoms with van der Waals surface area (Å²) in [6.07, 6.45) is 0. The first-order chi connectivity index (χ1) is 12.3. The lowest BCUT2D eigenvalue weighted by molar-refractivity contribution is 0.0281. The highest BCUT2D eigenvalue weighted by molar-refractivity contribution is 7.91. The van der Waals surface area contributed by atoms with Crippen molar-refractivity contribution < 1.29 is 17.6 Å². The molecule has 9 heteroatoms. The van der Waals surface area contributed by atoms with Crippen molar-refractivity contribution in [3.8, 4) is 0 Å². The maximum atomic E-state index is 12.9. The molecule has 1 amide bonds. The molecule has 2 aromatic heterocycles. The van der Waals surface area contributed by atoms with Gasteiger partial charge in [0, 0.05) is 24.5 Å². The Hall–Kier alpha value is -1.71. The number of amides is 1. The Morgan fingerprint density at radius 1 is 1.27 bits per heavy atom. The molecule has 2 atom stereocenters. The number of thiazole rings is 1. The van der Waals surface area contributed by atoms with Crippen LogP contribution in [0.15, 0.2) is 21.9 Å². The predicted octanol–water partition coefficient (Wildman–Crippen LogP) is 1.48. The van der Waals surface area contributed by atoms with E-state index in [1.54, 1.807) is 10.3 Å². The van der Waals surface area contributed by atoms with Crippen LogP contribution in [0.1, 0.15) is 27.0 Å². The van der Waals surface area contributed by atoms with Crippen molar-refractivity contribution in [3.05, 3.63) is 39.7 Å². The number of sulfone groups is 1. The predicted molar refractivity (Wildman–Crippen MR) is 98.0 cm³/mol. The molecule has 0 radical (unpaired) electrons. The van der Waals surface area contributed by atoms with Gasteiger partial charge in [-0.15, -0.1) is 11.3 Å². The fraction of sp³-hybridized carbons (Fsp3) is 0.529. The third-order valence-corrected chi connectivity index (χ3v) is 7.52. The van der Waals surface area contributed by atoms with Crippen LogP contribution >= 0.6 is 11.3 Å². The van der Waals surface area contributed by atoms with Crippen LogP contribution in [-0.2, 0) is 16.4 Å². The molecular formula is C17H21N3O4S2. The van der Waals surface area contributed by atoms with E-state index >= 15 is 0 Å². The number of rotatable bonds is 3. The van der Waals surface area contributed by atoms with Gasteiger partial charge in [0.05, 0.1) is 29.1 Å². The molecule has 0 N–H and O–H groups in total. The highest BCUT2D eigenvalue weighted by Crippen LogP contribution is 2.29. The smallest absolute Gasteiger partial charge is 0.273 e. The minimum absolute atomic E-state index is 0.0141. The molecule has 2 fully saturated rings. The van der Waals surface area contributed by atoms with Crippen LogP contribution in [0.5, 0.6) is 0 Å². The largest absolute Gasteiger partial charge is 0.465 e. The molecule has 2 saturated heterocycles. The summed E-state index contributed by atoms with van der Waals surface area (Å²) in [4.78, 5) is 21.0. The monoisotopic (exact) mass is 395 g/mol. The van der Waals surface area contributed by atoms with Gasteiger partial charge in [0.25, 0.3) is 5.91 Å². The van der Waals surface area contributed by atoms with Gasteiger partial charge in [0.15, 0.2) is 9.84 Å². The molecule has 2 aliphatic heterocycles. The van der Waals surface area contributed by atoms with Gasteiger partial charge in [-0.25, -0.2) is 13.4 Å². The molecule has 2 aliphatic rings. The lowest BCUT2D eigenvalue weighted by atomic mass is 10.0. The van der Waals surface area contributed by atoms with E-state index < -0.39 is 9.84 Å². The number of furan rings is 1. The zero-order chi connectivity index (χ0) is 18.5. The topological polar surface area (TPSA) is 83.7 Å². The zero-order valence-electron chi connectivity index (χ0n) is 14.7. The Morgan fingerprint density at radius 3 is 2.69 bits per heavy atom. The summed E-state index contributed by atoms with van der Waals surface area (Å²) in [5, 5.41) is 2.57. The number of carbonyl (C=O) groups is 1. The minimum atomic E-state index is -3.18. The molecule has 7 nitrogen and oxygen atoms in total. The second-order valence-corrected chi connectivity index (χ2v) is 10.2. The zero-order valence-corrected chi connectivity index (χ0v) is 16.3. The lowest BCUT2D eigenvalue weighted by Crippen LogP contribution is -2.60. The number of piperazine rings is 1. The molecule has 2 unspecified atom stereocenters. The van der Waals surface area contributed by atoms with Gasteiger partial charge in [0.1, 0.15) is 17.2 Å². The Morgan fingerprint density at radius 2 is 2.04 bits per heavy atom. The van der Waals surface area contributed by atoms with Gasteiger partial charge < -0.3 is 9.32 Å². The number of hydrogen-bond acceptors (Lipinski definition) is 7. The molecule has 2 aromatic rings. The number of nitrogens with zero attached hydrogens (tertiary/aromatic N) is 3. The van der Waals surface area contributed by atoms with Gasteiger partial charge in [-0.2, -0.15) is 0 Å². The van der Waals surface area contributed by atoms with Gasteiger partial charge in [0.2, 0.25) is 0 Å². The molecular weight excluding hydrogens is 374 g/mol. The molecule has 0 spiro atoms. The number of carbonyl (C=O) groups excluding carboxylic acids is 1. The van der Waals surface area contributed by atoms with Crippen LogP contribution in [0, 0.1) is 13.8 Å². The van der Waals surface area contributed by atoms with E-state index in [-0.39, 0.29) is 29.5 Å². The molecule has 4 rings (SSSR count). The van der Waals surface area contributed by atoms with E-state index in [1.165, 1.54) is 11.3 Å². The average molecular weight is 396 g/mol. The summed E-state index contributed by atoms with van der Waals surface area (Å²) >= 11 is 1.43. The normalized spacial score (nSPS) is 25.4. The third kappa shape index (κ3) is 3.30. The number of hydrogen-bond donors (Lipinski definition) is 0. The van der Waals surface area contributed by atoms with Gasteiger partial charge in [-0.1, -0.05) is 0 Å². The fourth-order valence-corrected chi connectivity index (χ4v) is 6.45. The highest BCUT2D eigenvalue weighted by Gasteiger charge is 2.48. The van der Waals surface area contributed by atoms with Gasteiger partial charge in [-0.3, -0.25) is 9.69 Å². The Balaban J connectivity index is 1.58. The number of fused-ring (bicyclic) bond motifs is 1. The quantitative estimate of drug-likeness (QED) is 0.783.